The van der Waals surface area contributed by atoms with Gasteiger partial charge < -0.3 is 10.6 Å². The molecule has 7 heteroatoms. The highest BCUT2D eigenvalue weighted by Gasteiger charge is 2.15. The maximum absolute atomic E-state index is 12.0. The molecule has 2 aromatic heterocycles. The van der Waals surface area contributed by atoms with Gasteiger partial charge in [0, 0.05) is 19.8 Å². The molecule has 0 aliphatic heterocycles. The van der Waals surface area contributed by atoms with Crippen molar-refractivity contribution in [3.63, 3.8) is 0 Å². The fraction of sp³-hybridized carbons (Fsp3) is 0.429. The minimum absolute atomic E-state index is 0.0567. The van der Waals surface area contributed by atoms with E-state index in [1.165, 1.54) is 0 Å². The number of carbonyl (C=O) groups is 1. The Hall–Kier alpha value is -2.28. The molecular weight excluding hydrogens is 268 g/mol. The number of nitrogens with zero attached hydrogens (tertiary/aromatic N) is 5. The molecule has 0 fully saturated rings. The Kier molecular flexibility index (Phi) is 4.32. The molecule has 112 valence electrons. The Balaban J connectivity index is 2.33. The van der Waals surface area contributed by atoms with E-state index in [2.05, 4.69) is 15.1 Å². The van der Waals surface area contributed by atoms with Crippen molar-refractivity contribution in [3.8, 4) is 5.82 Å². The van der Waals surface area contributed by atoms with E-state index in [1.54, 1.807) is 41.9 Å². The van der Waals surface area contributed by atoms with Crippen LogP contribution >= 0.6 is 0 Å². The Labute approximate surface area is 123 Å². The average Bonchev–Trinajstić information content (AvgIpc) is 2.88. The van der Waals surface area contributed by atoms with Crippen LogP contribution in [0.3, 0.4) is 0 Å². The molecule has 1 amide bonds. The fourth-order valence-electron chi connectivity index (χ4n) is 1.90. The van der Waals surface area contributed by atoms with Crippen molar-refractivity contribution in [1.29, 1.82) is 0 Å². The molecule has 0 aliphatic rings. The lowest BCUT2D eigenvalue weighted by molar-refractivity contribution is 0.0802. The number of hydrogen-bond donors (Lipinski definition) is 1. The SMILES string of the molecule is CCN(C)C(=O)c1ccc(-n2nc(C)nc2[C@H](C)N)nc1. The van der Waals surface area contributed by atoms with Crippen molar-refractivity contribution < 1.29 is 4.79 Å². The molecule has 0 saturated heterocycles. The molecule has 0 aliphatic carbocycles. The molecular formula is C14H20N6O. The lowest BCUT2D eigenvalue weighted by Crippen LogP contribution is -2.26. The monoisotopic (exact) mass is 288 g/mol. The summed E-state index contributed by atoms with van der Waals surface area (Å²) >= 11 is 0. The summed E-state index contributed by atoms with van der Waals surface area (Å²) in [5.74, 6) is 1.82. The van der Waals surface area contributed by atoms with Gasteiger partial charge in [0.15, 0.2) is 11.6 Å². The van der Waals surface area contributed by atoms with Gasteiger partial charge in [-0.1, -0.05) is 0 Å². The van der Waals surface area contributed by atoms with Gasteiger partial charge in [0.25, 0.3) is 5.91 Å². The van der Waals surface area contributed by atoms with E-state index in [0.29, 0.717) is 29.6 Å². The minimum Gasteiger partial charge on any atom is -0.342 e. The molecule has 1 atom stereocenters. The molecule has 0 saturated carbocycles. The van der Waals surface area contributed by atoms with Gasteiger partial charge in [0.05, 0.1) is 11.6 Å². The van der Waals surface area contributed by atoms with Crippen LogP contribution in [0, 0.1) is 6.92 Å². The van der Waals surface area contributed by atoms with Gasteiger partial charge >= 0.3 is 0 Å². The number of pyridine rings is 1. The summed E-state index contributed by atoms with van der Waals surface area (Å²) < 4.78 is 1.61. The first-order valence-electron chi connectivity index (χ1n) is 6.85. The standard InChI is InChI=1S/C14H20N6O/c1-5-19(4)14(21)11-6-7-12(16-8-11)20-13(9(2)15)17-10(3)18-20/h6-9H,5,15H2,1-4H3/t9-/m0/s1. The smallest absolute Gasteiger partial charge is 0.255 e. The average molecular weight is 288 g/mol. The molecule has 2 rings (SSSR count). The van der Waals surface area contributed by atoms with Crippen LogP contribution in [0.1, 0.15) is 41.9 Å². The lowest BCUT2D eigenvalue weighted by atomic mass is 10.2. The highest BCUT2D eigenvalue weighted by atomic mass is 16.2. The zero-order valence-electron chi connectivity index (χ0n) is 12.7. The van der Waals surface area contributed by atoms with Gasteiger partial charge in [-0.05, 0) is 32.9 Å². The van der Waals surface area contributed by atoms with E-state index in [9.17, 15) is 4.79 Å². The van der Waals surface area contributed by atoms with Crippen molar-refractivity contribution in [2.75, 3.05) is 13.6 Å². The van der Waals surface area contributed by atoms with Gasteiger partial charge in [0.1, 0.15) is 5.82 Å². The highest BCUT2D eigenvalue weighted by molar-refractivity contribution is 5.93. The lowest BCUT2D eigenvalue weighted by Gasteiger charge is -2.14. The number of carbonyl (C=O) groups excluding carboxylic acids is 1. The number of aromatic nitrogens is 4. The Morgan fingerprint density at radius 1 is 1.48 bits per heavy atom. The van der Waals surface area contributed by atoms with E-state index in [0.717, 1.165) is 0 Å². The first-order chi connectivity index (χ1) is 9.93. The van der Waals surface area contributed by atoms with E-state index >= 15 is 0 Å². The molecule has 7 nitrogen and oxygen atoms in total. The molecule has 21 heavy (non-hydrogen) atoms. The van der Waals surface area contributed by atoms with Gasteiger partial charge in [-0.25, -0.2) is 9.97 Å². The number of amides is 1. The third-order valence-electron chi connectivity index (χ3n) is 3.18. The van der Waals surface area contributed by atoms with Crippen LogP contribution in [0.2, 0.25) is 0 Å². The Morgan fingerprint density at radius 2 is 2.19 bits per heavy atom. The number of rotatable bonds is 4. The van der Waals surface area contributed by atoms with Crippen molar-refractivity contribution in [1.82, 2.24) is 24.6 Å². The zero-order chi connectivity index (χ0) is 15.6. The van der Waals surface area contributed by atoms with Crippen molar-refractivity contribution in [2.24, 2.45) is 5.73 Å². The Bertz CT molecular complexity index is 631. The van der Waals surface area contributed by atoms with Gasteiger partial charge in [-0.2, -0.15) is 4.68 Å². The fourth-order valence-corrected chi connectivity index (χ4v) is 1.90. The third kappa shape index (κ3) is 3.08. The first-order valence-corrected chi connectivity index (χ1v) is 6.85. The summed E-state index contributed by atoms with van der Waals surface area (Å²) in [4.78, 5) is 22.3. The zero-order valence-corrected chi connectivity index (χ0v) is 12.7. The van der Waals surface area contributed by atoms with Crippen molar-refractivity contribution >= 4 is 5.91 Å². The molecule has 2 N–H and O–H groups in total. The van der Waals surface area contributed by atoms with Crippen LogP contribution < -0.4 is 5.73 Å². The summed E-state index contributed by atoms with van der Waals surface area (Å²) in [6.45, 7) is 6.22. The number of aryl methyl sites for hydroxylation is 1. The van der Waals surface area contributed by atoms with E-state index in [4.69, 9.17) is 5.73 Å². The molecule has 2 aromatic rings. The van der Waals surface area contributed by atoms with E-state index in [-0.39, 0.29) is 11.9 Å². The second kappa shape index (κ2) is 6.01. The van der Waals surface area contributed by atoms with Gasteiger partial charge in [-0.15, -0.1) is 5.10 Å². The molecule has 0 spiro atoms. The third-order valence-corrected chi connectivity index (χ3v) is 3.18. The highest BCUT2D eigenvalue weighted by Crippen LogP contribution is 2.13. The predicted molar refractivity (Wildman–Crippen MR) is 79.1 cm³/mol. The summed E-state index contributed by atoms with van der Waals surface area (Å²) in [5, 5.41) is 4.30. The summed E-state index contributed by atoms with van der Waals surface area (Å²) in [6, 6.07) is 3.23. The van der Waals surface area contributed by atoms with Crippen molar-refractivity contribution in [3.05, 3.63) is 35.5 Å². The van der Waals surface area contributed by atoms with Crippen LogP contribution in [-0.4, -0.2) is 44.1 Å². The molecule has 2 heterocycles. The van der Waals surface area contributed by atoms with Crippen molar-refractivity contribution in [2.45, 2.75) is 26.8 Å². The second-order valence-electron chi connectivity index (χ2n) is 4.94. The topological polar surface area (TPSA) is 89.9 Å². The molecule has 0 bridgehead atoms. The molecule has 0 aromatic carbocycles. The minimum atomic E-state index is -0.250. The molecule has 0 unspecified atom stereocenters. The van der Waals surface area contributed by atoms with Gasteiger partial charge in [0.2, 0.25) is 0 Å². The second-order valence-corrected chi connectivity index (χ2v) is 4.94. The van der Waals surface area contributed by atoms with Crippen LogP contribution in [0.25, 0.3) is 5.82 Å². The summed E-state index contributed by atoms with van der Waals surface area (Å²) in [6.07, 6.45) is 1.55. The van der Waals surface area contributed by atoms with E-state index < -0.39 is 0 Å². The first kappa shape index (κ1) is 15.1. The number of nitrogens with two attached hydrogens (primary N) is 1. The van der Waals surface area contributed by atoms with Crippen LogP contribution in [0.15, 0.2) is 18.3 Å². The van der Waals surface area contributed by atoms with Crippen LogP contribution in [0.5, 0.6) is 0 Å². The maximum atomic E-state index is 12.0. The largest absolute Gasteiger partial charge is 0.342 e. The van der Waals surface area contributed by atoms with Gasteiger partial charge in [-0.3, -0.25) is 4.79 Å². The molecule has 0 radical (unpaired) electrons. The normalized spacial score (nSPS) is 12.2. The quantitative estimate of drug-likeness (QED) is 0.909. The predicted octanol–water partition coefficient (Wildman–Crippen LogP) is 1.08. The Morgan fingerprint density at radius 3 is 2.71 bits per heavy atom. The van der Waals surface area contributed by atoms with Crippen LogP contribution in [0.4, 0.5) is 0 Å². The number of hydrogen-bond acceptors (Lipinski definition) is 5. The maximum Gasteiger partial charge on any atom is 0.255 e. The van der Waals surface area contributed by atoms with Crippen LogP contribution in [-0.2, 0) is 0 Å². The summed E-state index contributed by atoms with van der Waals surface area (Å²) in [7, 11) is 1.76. The summed E-state index contributed by atoms with van der Waals surface area (Å²) in [5.41, 5.74) is 6.43. The van der Waals surface area contributed by atoms with E-state index in [1.807, 2.05) is 13.8 Å².